The summed E-state index contributed by atoms with van der Waals surface area (Å²) in [5, 5.41) is 4.17. The van der Waals surface area contributed by atoms with Crippen LogP contribution >= 0.6 is 0 Å². The van der Waals surface area contributed by atoms with Crippen molar-refractivity contribution in [3.05, 3.63) is 11.7 Å². The van der Waals surface area contributed by atoms with Gasteiger partial charge in [0.25, 0.3) is 0 Å². The summed E-state index contributed by atoms with van der Waals surface area (Å²) >= 11 is 0. The van der Waals surface area contributed by atoms with Crippen LogP contribution in [0.3, 0.4) is 0 Å². The highest BCUT2D eigenvalue weighted by Crippen LogP contribution is 2.31. The largest absolute Gasteiger partial charge is 0.339 e. The van der Waals surface area contributed by atoms with Crippen LogP contribution < -0.4 is 5.73 Å². The fourth-order valence-electron chi connectivity index (χ4n) is 2.67. The van der Waals surface area contributed by atoms with E-state index in [2.05, 4.69) is 44.8 Å². The highest BCUT2D eigenvalue weighted by molar-refractivity contribution is 5.03. The Morgan fingerprint density at radius 2 is 1.67 bits per heavy atom. The SMILES string of the molecule is CCC(c1nc(C(C(C)C)C(C)C)no1)C(C)N. The van der Waals surface area contributed by atoms with Gasteiger partial charge in [-0.25, -0.2) is 0 Å². The molecule has 0 aromatic carbocycles. The van der Waals surface area contributed by atoms with Gasteiger partial charge in [-0.3, -0.25) is 0 Å². The van der Waals surface area contributed by atoms with E-state index in [1.54, 1.807) is 0 Å². The molecule has 1 heterocycles. The summed E-state index contributed by atoms with van der Waals surface area (Å²) < 4.78 is 5.42. The molecule has 0 spiro atoms. The first-order chi connectivity index (χ1) is 8.38. The molecular formula is C14H27N3O. The van der Waals surface area contributed by atoms with Gasteiger partial charge in [-0.2, -0.15) is 4.98 Å². The van der Waals surface area contributed by atoms with E-state index in [0.717, 1.165) is 12.2 Å². The number of aromatic nitrogens is 2. The smallest absolute Gasteiger partial charge is 0.231 e. The van der Waals surface area contributed by atoms with Gasteiger partial charge in [0.05, 0.1) is 5.92 Å². The highest BCUT2D eigenvalue weighted by atomic mass is 16.5. The molecule has 1 aromatic heterocycles. The van der Waals surface area contributed by atoms with Gasteiger partial charge < -0.3 is 10.3 Å². The zero-order valence-electron chi connectivity index (χ0n) is 12.5. The first-order valence-corrected chi connectivity index (χ1v) is 6.97. The summed E-state index contributed by atoms with van der Waals surface area (Å²) in [6.07, 6.45) is 0.924. The van der Waals surface area contributed by atoms with Crippen LogP contribution in [0.5, 0.6) is 0 Å². The fraction of sp³-hybridized carbons (Fsp3) is 0.857. The van der Waals surface area contributed by atoms with Gasteiger partial charge in [0.15, 0.2) is 5.82 Å². The maximum atomic E-state index is 5.96. The first kappa shape index (κ1) is 15.2. The van der Waals surface area contributed by atoms with E-state index >= 15 is 0 Å². The van der Waals surface area contributed by atoms with Crippen LogP contribution in [0.2, 0.25) is 0 Å². The summed E-state index contributed by atoms with van der Waals surface area (Å²) in [5.74, 6) is 3.03. The van der Waals surface area contributed by atoms with Gasteiger partial charge in [0.1, 0.15) is 0 Å². The molecule has 0 fully saturated rings. The molecule has 0 aliphatic rings. The molecule has 4 nitrogen and oxygen atoms in total. The van der Waals surface area contributed by atoms with E-state index < -0.39 is 0 Å². The summed E-state index contributed by atoms with van der Waals surface area (Å²) in [6.45, 7) is 12.9. The molecule has 0 aliphatic heterocycles. The van der Waals surface area contributed by atoms with E-state index in [9.17, 15) is 0 Å². The second-order valence-electron chi connectivity index (χ2n) is 5.88. The first-order valence-electron chi connectivity index (χ1n) is 6.97. The van der Waals surface area contributed by atoms with Crippen molar-refractivity contribution in [2.75, 3.05) is 0 Å². The predicted octanol–water partition coefficient (Wildman–Crippen LogP) is 3.31. The quantitative estimate of drug-likeness (QED) is 0.844. The average molecular weight is 253 g/mol. The molecule has 0 bridgehead atoms. The van der Waals surface area contributed by atoms with Crippen molar-refractivity contribution in [2.24, 2.45) is 17.6 Å². The van der Waals surface area contributed by atoms with E-state index in [0.29, 0.717) is 23.6 Å². The van der Waals surface area contributed by atoms with Crippen molar-refractivity contribution in [2.45, 2.75) is 65.8 Å². The van der Waals surface area contributed by atoms with Gasteiger partial charge in [0, 0.05) is 12.0 Å². The van der Waals surface area contributed by atoms with Crippen LogP contribution in [0.25, 0.3) is 0 Å². The lowest BCUT2D eigenvalue weighted by molar-refractivity contribution is 0.315. The number of hydrogen-bond donors (Lipinski definition) is 1. The molecule has 104 valence electrons. The van der Waals surface area contributed by atoms with E-state index in [1.165, 1.54) is 0 Å². The van der Waals surface area contributed by atoms with Gasteiger partial charge in [-0.15, -0.1) is 0 Å². The molecule has 0 radical (unpaired) electrons. The average Bonchev–Trinajstić information content (AvgIpc) is 2.66. The molecule has 2 atom stereocenters. The number of rotatable bonds is 6. The van der Waals surface area contributed by atoms with Crippen LogP contribution in [-0.4, -0.2) is 16.2 Å². The van der Waals surface area contributed by atoms with Gasteiger partial charge in [0.2, 0.25) is 5.89 Å². The maximum Gasteiger partial charge on any atom is 0.231 e. The minimum atomic E-state index is 0.0415. The lowest BCUT2D eigenvalue weighted by atomic mass is 9.85. The molecule has 0 amide bonds. The third-order valence-electron chi connectivity index (χ3n) is 3.58. The van der Waals surface area contributed by atoms with Crippen molar-refractivity contribution in [3.8, 4) is 0 Å². The van der Waals surface area contributed by atoms with Crippen molar-refractivity contribution in [3.63, 3.8) is 0 Å². The predicted molar refractivity (Wildman–Crippen MR) is 73.4 cm³/mol. The molecule has 4 heteroatoms. The maximum absolute atomic E-state index is 5.96. The third-order valence-corrected chi connectivity index (χ3v) is 3.58. The third kappa shape index (κ3) is 3.31. The molecule has 1 aromatic rings. The molecule has 2 N–H and O–H groups in total. The Bertz CT molecular complexity index is 350. The Hall–Kier alpha value is -0.900. The normalized spacial score (nSPS) is 15.7. The van der Waals surface area contributed by atoms with Crippen molar-refractivity contribution in [1.82, 2.24) is 10.1 Å². The van der Waals surface area contributed by atoms with Crippen LogP contribution in [0, 0.1) is 11.8 Å². The van der Waals surface area contributed by atoms with Crippen LogP contribution in [0.15, 0.2) is 4.52 Å². The molecule has 0 aliphatic carbocycles. The second-order valence-corrected chi connectivity index (χ2v) is 5.88. The minimum absolute atomic E-state index is 0.0415. The molecule has 2 unspecified atom stereocenters. The number of hydrogen-bond acceptors (Lipinski definition) is 4. The van der Waals surface area contributed by atoms with E-state index in [1.807, 2.05) is 6.92 Å². The Morgan fingerprint density at radius 3 is 2.06 bits per heavy atom. The van der Waals surface area contributed by atoms with Crippen LogP contribution in [0.4, 0.5) is 0 Å². The Labute approximate surface area is 110 Å². The lowest BCUT2D eigenvalue weighted by Crippen LogP contribution is -2.24. The monoisotopic (exact) mass is 253 g/mol. The van der Waals surface area contributed by atoms with Crippen molar-refractivity contribution in [1.29, 1.82) is 0 Å². The topological polar surface area (TPSA) is 64.9 Å². The zero-order chi connectivity index (χ0) is 13.9. The Kier molecular flexibility index (Phi) is 5.32. The van der Waals surface area contributed by atoms with Crippen molar-refractivity contribution >= 4 is 0 Å². The van der Waals surface area contributed by atoms with Crippen molar-refractivity contribution < 1.29 is 4.52 Å². The van der Waals surface area contributed by atoms with Crippen LogP contribution in [-0.2, 0) is 0 Å². The molecule has 0 saturated heterocycles. The summed E-state index contributed by atoms with van der Waals surface area (Å²) in [4.78, 5) is 4.59. The molecule has 1 rings (SSSR count). The number of nitrogens with two attached hydrogens (primary N) is 1. The van der Waals surface area contributed by atoms with E-state index in [4.69, 9.17) is 10.3 Å². The van der Waals surface area contributed by atoms with E-state index in [-0.39, 0.29) is 12.0 Å². The summed E-state index contributed by atoms with van der Waals surface area (Å²) in [5.41, 5.74) is 5.96. The van der Waals surface area contributed by atoms with Gasteiger partial charge >= 0.3 is 0 Å². The molecule has 0 saturated carbocycles. The lowest BCUT2D eigenvalue weighted by Gasteiger charge is -2.21. The number of nitrogens with zero attached hydrogens (tertiary/aromatic N) is 2. The molecule has 18 heavy (non-hydrogen) atoms. The Balaban J connectivity index is 2.97. The standard InChI is InChI=1S/C14H27N3O/c1-7-11(10(6)15)14-16-13(17-18-14)12(8(2)3)9(4)5/h8-12H,7,15H2,1-6H3. The Morgan fingerprint density at radius 1 is 1.11 bits per heavy atom. The van der Waals surface area contributed by atoms with Gasteiger partial charge in [-0.05, 0) is 25.2 Å². The van der Waals surface area contributed by atoms with Crippen LogP contribution in [0.1, 0.15) is 71.5 Å². The van der Waals surface area contributed by atoms with Gasteiger partial charge in [-0.1, -0.05) is 39.8 Å². The zero-order valence-corrected chi connectivity index (χ0v) is 12.5. The summed E-state index contributed by atoms with van der Waals surface area (Å²) in [6, 6.07) is 0.0415. The summed E-state index contributed by atoms with van der Waals surface area (Å²) in [7, 11) is 0. The fourth-order valence-corrected chi connectivity index (χ4v) is 2.67. The minimum Gasteiger partial charge on any atom is -0.339 e. The second kappa shape index (κ2) is 6.32. The molecular weight excluding hydrogens is 226 g/mol. The highest BCUT2D eigenvalue weighted by Gasteiger charge is 2.27.